The fourth-order valence-corrected chi connectivity index (χ4v) is 4.08. The summed E-state index contributed by atoms with van der Waals surface area (Å²) in [7, 11) is 1.72. The van der Waals surface area contributed by atoms with E-state index in [1.54, 1.807) is 19.2 Å². The molecule has 0 radical (unpaired) electrons. The molecule has 7 nitrogen and oxygen atoms in total. The second-order valence-corrected chi connectivity index (χ2v) is 8.13. The first-order valence-corrected chi connectivity index (χ1v) is 10.8. The maximum Gasteiger partial charge on any atom is 0.225 e. The minimum absolute atomic E-state index is 0.0145. The molecular weight excluding hydrogens is 419 g/mol. The summed E-state index contributed by atoms with van der Waals surface area (Å²) >= 11 is 0. The first-order chi connectivity index (χ1) is 16.0. The average molecular weight is 445 g/mol. The Kier molecular flexibility index (Phi) is 6.50. The smallest absolute Gasteiger partial charge is 0.225 e. The summed E-state index contributed by atoms with van der Waals surface area (Å²) < 4.78 is 14.2. The van der Waals surface area contributed by atoms with E-state index in [9.17, 15) is 9.18 Å². The van der Waals surface area contributed by atoms with Crippen molar-refractivity contribution in [3.63, 3.8) is 0 Å². The molecule has 2 N–H and O–H groups in total. The summed E-state index contributed by atoms with van der Waals surface area (Å²) in [5, 5.41) is 15.0. The van der Waals surface area contributed by atoms with Crippen LogP contribution < -0.4 is 15.5 Å². The molecule has 1 aromatic heterocycles. The highest BCUT2D eigenvalue weighted by Gasteiger charge is 2.34. The molecule has 8 heteroatoms. The van der Waals surface area contributed by atoms with Gasteiger partial charge in [-0.15, -0.1) is 0 Å². The zero-order chi connectivity index (χ0) is 23.4. The summed E-state index contributed by atoms with van der Waals surface area (Å²) in [5.74, 6) is 0.334. The first kappa shape index (κ1) is 22.2. The van der Waals surface area contributed by atoms with E-state index in [1.165, 1.54) is 12.1 Å². The third-order valence-corrected chi connectivity index (χ3v) is 5.87. The molecule has 2 aromatic carbocycles. The second-order valence-electron chi connectivity index (χ2n) is 8.13. The number of amides is 1. The number of halogens is 1. The Bertz CT molecular complexity index is 1190. The molecule has 4 rings (SSSR count). The molecule has 0 spiro atoms. The van der Waals surface area contributed by atoms with Crippen molar-refractivity contribution in [3.8, 4) is 17.3 Å². The van der Waals surface area contributed by atoms with Crippen LogP contribution in [0, 0.1) is 23.1 Å². The van der Waals surface area contributed by atoms with Crippen molar-refractivity contribution in [2.24, 2.45) is 5.92 Å². The summed E-state index contributed by atoms with van der Waals surface area (Å²) in [6, 6.07) is 18.0. The Labute approximate surface area is 192 Å². The van der Waals surface area contributed by atoms with Crippen LogP contribution in [0.5, 0.6) is 0 Å². The van der Waals surface area contributed by atoms with E-state index < -0.39 is 5.82 Å². The van der Waals surface area contributed by atoms with E-state index in [-0.39, 0.29) is 23.4 Å². The minimum Gasteiger partial charge on any atom is -0.357 e. The van der Waals surface area contributed by atoms with Crippen LogP contribution >= 0.6 is 0 Å². The molecule has 1 amide bonds. The summed E-state index contributed by atoms with van der Waals surface area (Å²) in [5.41, 5.74) is 2.13. The van der Waals surface area contributed by atoms with E-state index in [0.717, 1.165) is 5.56 Å². The Morgan fingerprint density at radius 2 is 2.00 bits per heavy atom. The van der Waals surface area contributed by atoms with Crippen molar-refractivity contribution < 1.29 is 9.18 Å². The van der Waals surface area contributed by atoms with Crippen molar-refractivity contribution >= 4 is 17.7 Å². The fourth-order valence-electron chi connectivity index (χ4n) is 4.08. The monoisotopic (exact) mass is 444 g/mol. The number of nitrogens with zero attached hydrogens (tertiary/aromatic N) is 4. The molecule has 0 aliphatic carbocycles. The number of aromatic nitrogens is 2. The number of rotatable bonds is 6. The molecule has 1 fully saturated rings. The molecule has 1 saturated heterocycles. The Balaban J connectivity index is 1.53. The zero-order valence-corrected chi connectivity index (χ0v) is 18.5. The van der Waals surface area contributed by atoms with Gasteiger partial charge in [-0.3, -0.25) is 4.79 Å². The van der Waals surface area contributed by atoms with Gasteiger partial charge >= 0.3 is 0 Å². The number of nitrogens with one attached hydrogen (secondary N) is 2. The lowest BCUT2D eigenvalue weighted by Crippen LogP contribution is -2.33. The van der Waals surface area contributed by atoms with Crippen LogP contribution in [0.3, 0.4) is 0 Å². The highest BCUT2D eigenvalue weighted by Crippen LogP contribution is 2.31. The van der Waals surface area contributed by atoms with Crippen LogP contribution in [-0.2, 0) is 11.3 Å². The molecule has 3 aromatic rings. The first-order valence-electron chi connectivity index (χ1n) is 10.8. The number of anilines is 2. The van der Waals surface area contributed by atoms with Gasteiger partial charge < -0.3 is 15.5 Å². The maximum absolute atomic E-state index is 14.2. The quantitative estimate of drug-likeness (QED) is 0.602. The van der Waals surface area contributed by atoms with E-state index in [0.29, 0.717) is 42.5 Å². The van der Waals surface area contributed by atoms with Gasteiger partial charge in [-0.25, -0.2) is 9.37 Å². The Morgan fingerprint density at radius 1 is 1.21 bits per heavy atom. The topological polar surface area (TPSA) is 93.9 Å². The molecule has 2 heterocycles. The molecule has 0 saturated carbocycles. The predicted octanol–water partition coefficient (Wildman–Crippen LogP) is 3.73. The average Bonchev–Trinajstić information content (AvgIpc) is 3.24. The molecule has 1 aliphatic rings. The number of carbonyl (C=O) groups excluding carboxylic acids is 1. The predicted molar refractivity (Wildman–Crippen MR) is 125 cm³/mol. The standard InChI is InChI=1S/C25H25FN6O/c1-16-10-20(24(33)29-14-17-6-4-3-5-7-17)15-32(16)23-12-22(30-25(28-2)31-23)18-8-9-19(13-27)21(26)11-18/h3-9,11-12,16,20H,10,14-15H2,1-2H3,(H,29,33)(H,28,30,31)/t16-,20+/m1/s1. The van der Waals surface area contributed by atoms with E-state index >= 15 is 0 Å². The lowest BCUT2D eigenvalue weighted by Gasteiger charge is -2.23. The molecule has 0 bridgehead atoms. The van der Waals surface area contributed by atoms with Gasteiger partial charge in [0, 0.05) is 37.8 Å². The lowest BCUT2D eigenvalue weighted by atomic mass is 10.1. The normalized spacial score (nSPS) is 17.5. The molecule has 168 valence electrons. The van der Waals surface area contributed by atoms with Gasteiger partial charge in [-0.1, -0.05) is 36.4 Å². The Morgan fingerprint density at radius 3 is 2.70 bits per heavy atom. The third-order valence-electron chi connectivity index (χ3n) is 5.87. The van der Waals surface area contributed by atoms with Crippen LogP contribution in [0.1, 0.15) is 24.5 Å². The maximum atomic E-state index is 14.2. The minimum atomic E-state index is -0.592. The number of hydrogen-bond acceptors (Lipinski definition) is 6. The third kappa shape index (κ3) is 4.93. The summed E-state index contributed by atoms with van der Waals surface area (Å²) in [6.45, 7) is 3.09. The summed E-state index contributed by atoms with van der Waals surface area (Å²) in [6.07, 6.45) is 0.709. The van der Waals surface area contributed by atoms with Crippen molar-refractivity contribution in [3.05, 3.63) is 71.5 Å². The van der Waals surface area contributed by atoms with Crippen LogP contribution in [-0.4, -0.2) is 35.5 Å². The van der Waals surface area contributed by atoms with Crippen molar-refractivity contribution in [1.82, 2.24) is 15.3 Å². The summed E-state index contributed by atoms with van der Waals surface area (Å²) in [4.78, 5) is 23.9. The van der Waals surface area contributed by atoms with Gasteiger partial charge in [0.2, 0.25) is 11.9 Å². The highest BCUT2D eigenvalue weighted by molar-refractivity contribution is 5.80. The molecule has 33 heavy (non-hydrogen) atoms. The fraction of sp³-hybridized carbons (Fsp3) is 0.280. The lowest BCUT2D eigenvalue weighted by molar-refractivity contribution is -0.124. The molecule has 0 unspecified atom stereocenters. The largest absolute Gasteiger partial charge is 0.357 e. The van der Waals surface area contributed by atoms with Crippen LogP contribution in [0.4, 0.5) is 16.2 Å². The second kappa shape index (κ2) is 9.65. The van der Waals surface area contributed by atoms with Crippen LogP contribution in [0.2, 0.25) is 0 Å². The number of benzene rings is 2. The van der Waals surface area contributed by atoms with Gasteiger partial charge in [-0.2, -0.15) is 10.2 Å². The zero-order valence-electron chi connectivity index (χ0n) is 18.5. The van der Waals surface area contributed by atoms with Gasteiger partial charge in [0.05, 0.1) is 17.2 Å². The van der Waals surface area contributed by atoms with Gasteiger partial charge in [0.1, 0.15) is 17.7 Å². The number of carbonyl (C=O) groups is 1. The molecule has 1 aliphatic heterocycles. The van der Waals surface area contributed by atoms with Gasteiger partial charge in [-0.05, 0) is 31.0 Å². The number of nitriles is 1. The number of hydrogen-bond donors (Lipinski definition) is 2. The van der Waals surface area contributed by atoms with Crippen molar-refractivity contribution in [2.75, 3.05) is 23.8 Å². The van der Waals surface area contributed by atoms with Crippen molar-refractivity contribution in [1.29, 1.82) is 5.26 Å². The molecular formula is C25H25FN6O. The Hall–Kier alpha value is -3.99. The molecule has 2 atom stereocenters. The van der Waals surface area contributed by atoms with Gasteiger partial charge in [0.15, 0.2) is 0 Å². The SMILES string of the molecule is CNc1nc(-c2ccc(C#N)c(F)c2)cc(N2C[C@@H](C(=O)NCc3ccccc3)C[C@H]2C)n1. The van der Waals surface area contributed by atoms with Crippen molar-refractivity contribution in [2.45, 2.75) is 25.9 Å². The van der Waals surface area contributed by atoms with E-state index in [4.69, 9.17) is 5.26 Å². The van der Waals surface area contributed by atoms with E-state index in [1.807, 2.05) is 36.4 Å². The highest BCUT2D eigenvalue weighted by atomic mass is 19.1. The van der Waals surface area contributed by atoms with Crippen LogP contribution in [0.25, 0.3) is 11.3 Å². The van der Waals surface area contributed by atoms with Crippen LogP contribution in [0.15, 0.2) is 54.6 Å². The van der Waals surface area contributed by atoms with E-state index in [2.05, 4.69) is 32.4 Å². The van der Waals surface area contributed by atoms with Gasteiger partial charge in [0.25, 0.3) is 0 Å².